The molecule has 118 valence electrons. The zero-order chi connectivity index (χ0) is 16.2. The first kappa shape index (κ1) is 15.6. The average Bonchev–Trinajstić information content (AvgIpc) is 3.05. The van der Waals surface area contributed by atoms with Crippen LogP contribution in [-0.4, -0.2) is 39.8 Å². The van der Waals surface area contributed by atoms with Crippen LogP contribution in [0.3, 0.4) is 0 Å². The number of nitrogens with one attached hydrogen (secondary N) is 1. The summed E-state index contributed by atoms with van der Waals surface area (Å²) in [4.78, 5) is 24.5. The van der Waals surface area contributed by atoms with E-state index in [0.29, 0.717) is 24.2 Å². The maximum Gasteiger partial charge on any atom is 0.271 e. The molecule has 23 heavy (non-hydrogen) atoms. The summed E-state index contributed by atoms with van der Waals surface area (Å²) in [6.45, 7) is 0. The van der Waals surface area contributed by atoms with Crippen molar-refractivity contribution in [3.8, 4) is 0 Å². The van der Waals surface area contributed by atoms with Gasteiger partial charge in [-0.05, 0) is 24.3 Å². The molecule has 1 aromatic carbocycles. The molecule has 1 N–H and O–H groups in total. The Morgan fingerprint density at radius 1 is 1.30 bits per heavy atom. The van der Waals surface area contributed by atoms with Gasteiger partial charge in [0.05, 0.1) is 0 Å². The molecule has 0 saturated carbocycles. The predicted octanol–water partition coefficient (Wildman–Crippen LogP) is 2.24. The van der Waals surface area contributed by atoms with E-state index in [1.54, 1.807) is 12.6 Å². The highest BCUT2D eigenvalue weighted by atomic mass is 32.2. The van der Waals surface area contributed by atoms with Crippen molar-refractivity contribution < 1.29 is 9.59 Å². The maximum atomic E-state index is 12.2. The number of hydrogen-bond acceptors (Lipinski definition) is 7. The van der Waals surface area contributed by atoms with Crippen LogP contribution in [0.15, 0.2) is 44.1 Å². The highest BCUT2D eigenvalue weighted by molar-refractivity contribution is 8.01. The summed E-state index contributed by atoms with van der Waals surface area (Å²) in [5.74, 6) is -0.367. The number of rotatable bonds is 4. The van der Waals surface area contributed by atoms with Gasteiger partial charge in [-0.2, -0.15) is 5.10 Å². The molecule has 0 spiro atoms. The number of aromatic nitrogens is 2. The number of hydrogen-bond donors (Lipinski definition) is 1. The van der Waals surface area contributed by atoms with E-state index in [2.05, 4.69) is 20.6 Å². The Morgan fingerprint density at radius 2 is 2.09 bits per heavy atom. The minimum absolute atomic E-state index is 0.0837. The van der Waals surface area contributed by atoms with Gasteiger partial charge in [-0.3, -0.25) is 9.59 Å². The van der Waals surface area contributed by atoms with Crippen LogP contribution < -0.4 is 5.32 Å². The Labute approximate surface area is 140 Å². The van der Waals surface area contributed by atoms with Crippen LogP contribution >= 0.6 is 23.1 Å². The Bertz CT molecular complexity index is 743. The lowest BCUT2D eigenvalue weighted by atomic mass is 10.1. The van der Waals surface area contributed by atoms with Gasteiger partial charge < -0.3 is 5.32 Å². The van der Waals surface area contributed by atoms with E-state index in [9.17, 15) is 9.59 Å². The zero-order valence-corrected chi connectivity index (χ0v) is 13.9. The molecule has 9 heteroatoms. The van der Waals surface area contributed by atoms with E-state index in [4.69, 9.17) is 0 Å². The first-order chi connectivity index (χ1) is 11.1. The van der Waals surface area contributed by atoms with Crippen LogP contribution in [0.1, 0.15) is 12.8 Å². The molecule has 2 heterocycles. The maximum absolute atomic E-state index is 12.2. The number of nitrogens with zero attached hydrogens (tertiary/aromatic N) is 4. The third-order valence-corrected chi connectivity index (χ3v) is 4.91. The van der Waals surface area contributed by atoms with E-state index >= 15 is 0 Å². The zero-order valence-electron chi connectivity index (χ0n) is 12.2. The normalized spacial score (nSPS) is 14.6. The summed E-state index contributed by atoms with van der Waals surface area (Å²) in [5.41, 5.74) is 2.72. The predicted molar refractivity (Wildman–Crippen MR) is 88.5 cm³/mol. The molecule has 2 aromatic rings. The lowest BCUT2D eigenvalue weighted by molar-refractivity contribution is -0.130. The first-order valence-electron chi connectivity index (χ1n) is 6.81. The Hall–Kier alpha value is -2.26. The fourth-order valence-corrected chi connectivity index (χ4v) is 3.40. The summed E-state index contributed by atoms with van der Waals surface area (Å²) in [6, 6.07) is 7.44. The molecule has 0 atom stereocenters. The van der Waals surface area contributed by atoms with Crippen LogP contribution in [-0.2, 0) is 9.59 Å². The Balaban J connectivity index is 1.63. The minimum Gasteiger partial charge on any atom is -0.321 e. The van der Waals surface area contributed by atoms with Crippen molar-refractivity contribution in [2.75, 3.05) is 12.4 Å². The largest absolute Gasteiger partial charge is 0.321 e. The van der Waals surface area contributed by atoms with Gasteiger partial charge in [0.1, 0.15) is 11.2 Å². The van der Waals surface area contributed by atoms with Gasteiger partial charge in [0.2, 0.25) is 5.91 Å². The molecule has 0 fully saturated rings. The van der Waals surface area contributed by atoms with E-state index in [0.717, 1.165) is 9.24 Å². The monoisotopic (exact) mass is 347 g/mol. The molecule has 2 amide bonds. The number of amides is 2. The molecule has 1 aromatic heterocycles. The SMILES string of the molecule is CN1N=C(C(=O)Nc2ccc(Sc3nncs3)cc2)CCC1=O. The molecule has 0 saturated heterocycles. The van der Waals surface area contributed by atoms with Gasteiger partial charge >= 0.3 is 0 Å². The highest BCUT2D eigenvalue weighted by Crippen LogP contribution is 2.29. The topological polar surface area (TPSA) is 87.6 Å². The standard InChI is InChI=1S/C14H13N5O2S2/c1-19-12(20)7-6-11(18-19)13(21)16-9-2-4-10(5-3-9)23-14-17-15-8-22-14/h2-5,8H,6-7H2,1H3,(H,16,21). The van der Waals surface area contributed by atoms with Crippen LogP contribution in [0.4, 0.5) is 5.69 Å². The number of anilines is 1. The molecular weight excluding hydrogens is 334 g/mol. The summed E-state index contributed by atoms with van der Waals surface area (Å²) < 4.78 is 0.867. The molecule has 7 nitrogen and oxygen atoms in total. The number of carbonyl (C=O) groups excluding carboxylic acids is 2. The fourth-order valence-electron chi connectivity index (χ4n) is 1.95. The molecule has 0 bridgehead atoms. The quantitative estimate of drug-likeness (QED) is 0.916. The molecule has 0 radical (unpaired) electrons. The Morgan fingerprint density at radius 3 is 2.74 bits per heavy atom. The summed E-state index contributed by atoms with van der Waals surface area (Å²) in [7, 11) is 1.55. The molecule has 1 aliphatic heterocycles. The van der Waals surface area contributed by atoms with Crippen LogP contribution in [0.25, 0.3) is 0 Å². The molecular formula is C14H13N5O2S2. The van der Waals surface area contributed by atoms with E-state index < -0.39 is 0 Å². The smallest absolute Gasteiger partial charge is 0.271 e. The number of carbonyl (C=O) groups is 2. The van der Waals surface area contributed by atoms with Crippen LogP contribution in [0.5, 0.6) is 0 Å². The second-order valence-corrected chi connectivity index (χ2v) is 6.90. The van der Waals surface area contributed by atoms with Gasteiger partial charge in [-0.1, -0.05) is 23.1 Å². The van der Waals surface area contributed by atoms with Gasteiger partial charge in [-0.25, -0.2) is 5.01 Å². The fraction of sp³-hybridized carbons (Fsp3) is 0.214. The van der Waals surface area contributed by atoms with Crippen molar-refractivity contribution in [3.63, 3.8) is 0 Å². The van der Waals surface area contributed by atoms with Crippen molar-refractivity contribution in [1.82, 2.24) is 15.2 Å². The molecule has 1 aliphatic rings. The van der Waals surface area contributed by atoms with Gasteiger partial charge in [-0.15, -0.1) is 10.2 Å². The second kappa shape index (κ2) is 6.88. The van der Waals surface area contributed by atoms with Gasteiger partial charge in [0.15, 0.2) is 4.34 Å². The average molecular weight is 347 g/mol. The third-order valence-electron chi connectivity index (χ3n) is 3.13. The number of benzene rings is 1. The van der Waals surface area contributed by atoms with E-state index in [-0.39, 0.29) is 11.8 Å². The van der Waals surface area contributed by atoms with Crippen molar-refractivity contribution in [2.24, 2.45) is 5.10 Å². The van der Waals surface area contributed by atoms with Crippen molar-refractivity contribution in [1.29, 1.82) is 0 Å². The first-order valence-corrected chi connectivity index (χ1v) is 8.51. The lowest BCUT2D eigenvalue weighted by Gasteiger charge is -2.18. The molecule has 3 rings (SSSR count). The second-order valence-electron chi connectivity index (χ2n) is 4.75. The molecule has 0 aliphatic carbocycles. The number of hydrazone groups is 1. The van der Waals surface area contributed by atoms with Gasteiger partial charge in [0, 0.05) is 30.5 Å². The van der Waals surface area contributed by atoms with Gasteiger partial charge in [0.25, 0.3) is 5.91 Å². The summed E-state index contributed by atoms with van der Waals surface area (Å²) >= 11 is 2.99. The van der Waals surface area contributed by atoms with Crippen LogP contribution in [0, 0.1) is 0 Å². The van der Waals surface area contributed by atoms with E-state index in [1.807, 2.05) is 24.3 Å². The highest BCUT2D eigenvalue weighted by Gasteiger charge is 2.21. The Kier molecular flexibility index (Phi) is 4.68. The van der Waals surface area contributed by atoms with Crippen molar-refractivity contribution >= 4 is 46.3 Å². The third kappa shape index (κ3) is 3.93. The molecule has 0 unspecified atom stereocenters. The summed E-state index contributed by atoms with van der Waals surface area (Å²) in [6.07, 6.45) is 0.667. The lowest BCUT2D eigenvalue weighted by Crippen LogP contribution is -2.34. The van der Waals surface area contributed by atoms with Crippen molar-refractivity contribution in [2.45, 2.75) is 22.1 Å². The van der Waals surface area contributed by atoms with E-state index in [1.165, 1.54) is 28.1 Å². The summed E-state index contributed by atoms with van der Waals surface area (Å²) in [5, 5.41) is 15.8. The van der Waals surface area contributed by atoms with Crippen LogP contribution in [0.2, 0.25) is 0 Å². The van der Waals surface area contributed by atoms with Crippen molar-refractivity contribution in [3.05, 3.63) is 29.8 Å². The minimum atomic E-state index is -0.283.